The van der Waals surface area contributed by atoms with Crippen LogP contribution in [0.4, 0.5) is 11.4 Å². The van der Waals surface area contributed by atoms with E-state index in [1.807, 2.05) is 26.3 Å². The molecule has 0 fully saturated rings. The number of hydrogen-bond donors (Lipinski definition) is 3. The van der Waals surface area contributed by atoms with Crippen LogP contribution in [0, 0.1) is 6.92 Å². The summed E-state index contributed by atoms with van der Waals surface area (Å²) < 4.78 is 34.1. The van der Waals surface area contributed by atoms with E-state index in [1.165, 1.54) is 0 Å². The highest BCUT2D eigenvalue weighted by atomic mass is 32.3. The van der Waals surface area contributed by atoms with Crippen molar-refractivity contribution in [3.63, 3.8) is 0 Å². The molecule has 1 aromatic carbocycles. The van der Waals surface area contributed by atoms with Crippen molar-refractivity contribution < 1.29 is 22.7 Å². The van der Waals surface area contributed by atoms with Gasteiger partial charge < -0.3 is 14.8 Å². The Bertz CT molecular complexity index is 411. The first-order chi connectivity index (χ1) is 7.74. The third-order valence-corrected chi connectivity index (χ3v) is 1.40. The molecule has 1 rings (SSSR count). The highest BCUT2D eigenvalue weighted by Gasteiger charge is 1.93. The zero-order valence-corrected chi connectivity index (χ0v) is 10.6. The van der Waals surface area contributed by atoms with Crippen molar-refractivity contribution in [1.29, 1.82) is 0 Å². The van der Waals surface area contributed by atoms with E-state index in [4.69, 9.17) is 28.5 Å². The molecule has 0 radical (unpaired) electrons. The van der Waals surface area contributed by atoms with E-state index >= 15 is 0 Å². The summed E-state index contributed by atoms with van der Waals surface area (Å²) in [5.41, 5.74) is 9.93. The van der Waals surface area contributed by atoms with E-state index in [-0.39, 0.29) is 0 Å². The zero-order chi connectivity index (χ0) is 14.1. The second-order valence-corrected chi connectivity index (χ2v) is 3.41. The molecule has 0 heterocycles. The zero-order valence-electron chi connectivity index (χ0n) is 9.80. The first kappa shape index (κ1) is 18.0. The van der Waals surface area contributed by atoms with Crippen LogP contribution in [-0.4, -0.2) is 22.7 Å². The molecule has 0 bridgehead atoms. The number of hydrogen-bond acceptors (Lipinski definition) is 7. The number of nitrogen functional groups attached to an aromatic ring is 1. The van der Waals surface area contributed by atoms with Crippen LogP contribution in [0.3, 0.4) is 0 Å². The number of aryl methyl sites for hydroxylation is 1. The van der Waals surface area contributed by atoms with E-state index in [0.29, 0.717) is 5.69 Å². The molecule has 0 saturated heterocycles. The van der Waals surface area contributed by atoms with Gasteiger partial charge in [-0.25, -0.2) is 0 Å². The molecule has 1 aromatic rings. The lowest BCUT2D eigenvalue weighted by atomic mass is 10.2. The first-order valence-electron chi connectivity index (χ1n) is 4.67. The Morgan fingerprint density at radius 2 is 1.71 bits per heavy atom. The molecule has 0 aliphatic carbocycles. The van der Waals surface area contributed by atoms with Crippen molar-refractivity contribution in [2.75, 3.05) is 11.2 Å². The Kier molecular flexibility index (Phi) is 9.29. The average molecular weight is 264 g/mol. The van der Waals surface area contributed by atoms with Crippen LogP contribution < -0.4 is 11.2 Å². The summed E-state index contributed by atoms with van der Waals surface area (Å²) in [5.74, 6) is 0. The van der Waals surface area contributed by atoms with E-state index in [2.05, 4.69) is 0 Å². The van der Waals surface area contributed by atoms with E-state index in [1.54, 1.807) is 18.2 Å². The smallest absolute Gasteiger partial charge is 0.0606 e. The highest BCUT2D eigenvalue weighted by molar-refractivity contribution is 7.79. The first-order valence-corrected chi connectivity index (χ1v) is 6.00. The lowest BCUT2D eigenvalue weighted by Gasteiger charge is -2.06. The molecule has 0 spiro atoms. The van der Waals surface area contributed by atoms with Crippen LogP contribution in [0.15, 0.2) is 18.2 Å². The second-order valence-electron chi connectivity index (χ2n) is 2.59. The standard InChI is InChI=1S/C7H10N2O.C2H6.H2O4S/c1-5-4-6(9-10)2-3-7(5)8;1-2;1-5(2,3)4/h2-4,9-10H,8H2,1H3;1-2H3;(H2,1,2,3,4)/p-2. The number of nitrogens with one attached hydrogen (secondary N) is 1. The molecule has 0 amide bonds. The van der Waals surface area contributed by atoms with Gasteiger partial charge in [-0.3, -0.25) is 19.1 Å². The molecule has 17 heavy (non-hydrogen) atoms. The summed E-state index contributed by atoms with van der Waals surface area (Å²) >= 11 is 0. The normalized spacial score (nSPS) is 9.29. The average Bonchev–Trinajstić information content (AvgIpc) is 2.23. The van der Waals surface area contributed by atoms with Gasteiger partial charge in [0, 0.05) is 16.1 Å². The van der Waals surface area contributed by atoms with Crippen molar-refractivity contribution in [2.45, 2.75) is 20.8 Å². The van der Waals surface area contributed by atoms with Crippen LogP contribution in [0.5, 0.6) is 0 Å². The molecule has 0 saturated carbocycles. The van der Waals surface area contributed by atoms with Crippen molar-refractivity contribution in [3.8, 4) is 0 Å². The maximum absolute atomic E-state index is 8.52. The molecule has 8 heteroatoms. The molecule has 0 unspecified atom stereocenters. The molecular weight excluding hydrogens is 248 g/mol. The molecule has 0 aromatic heterocycles. The summed E-state index contributed by atoms with van der Waals surface area (Å²) in [5, 5.41) is 8.46. The minimum atomic E-state index is -5.17. The van der Waals surface area contributed by atoms with Gasteiger partial charge in [0.05, 0.1) is 5.69 Å². The van der Waals surface area contributed by atoms with Crippen LogP contribution >= 0.6 is 0 Å². The SMILES string of the molecule is CC.Cc1cc(NO)ccc1N.O=S(=O)([O-])[O-]. The van der Waals surface area contributed by atoms with Gasteiger partial charge in [-0.1, -0.05) is 13.8 Å². The van der Waals surface area contributed by atoms with Gasteiger partial charge in [-0.15, -0.1) is 0 Å². The summed E-state index contributed by atoms with van der Waals surface area (Å²) in [4.78, 5) is 0. The second kappa shape index (κ2) is 8.76. The Labute approximate surface area is 101 Å². The molecule has 4 N–H and O–H groups in total. The van der Waals surface area contributed by atoms with Crippen molar-refractivity contribution in [3.05, 3.63) is 23.8 Å². The van der Waals surface area contributed by atoms with Gasteiger partial charge in [-0.05, 0) is 30.7 Å². The maximum Gasteiger partial charge on any atom is 0.0606 e. The summed E-state index contributed by atoms with van der Waals surface area (Å²) in [6.45, 7) is 5.89. The van der Waals surface area contributed by atoms with Crippen LogP contribution in [0.25, 0.3) is 0 Å². The van der Waals surface area contributed by atoms with Gasteiger partial charge in [0.15, 0.2) is 0 Å². The van der Waals surface area contributed by atoms with Gasteiger partial charge in [0.2, 0.25) is 0 Å². The van der Waals surface area contributed by atoms with E-state index < -0.39 is 10.4 Å². The Hall–Kier alpha value is -1.35. The van der Waals surface area contributed by atoms with Crippen LogP contribution in [-0.2, 0) is 10.4 Å². The van der Waals surface area contributed by atoms with Gasteiger partial charge in [0.1, 0.15) is 0 Å². The predicted molar refractivity (Wildman–Crippen MR) is 62.8 cm³/mol. The Morgan fingerprint density at radius 1 is 1.29 bits per heavy atom. The van der Waals surface area contributed by atoms with Gasteiger partial charge in [0.25, 0.3) is 0 Å². The molecule has 100 valence electrons. The summed E-state index contributed by atoms with van der Waals surface area (Å²) in [6.07, 6.45) is 0. The minimum Gasteiger partial charge on any atom is -0.759 e. The highest BCUT2D eigenvalue weighted by Crippen LogP contribution is 2.15. The quantitative estimate of drug-likeness (QED) is 0.298. The molecule has 0 atom stereocenters. The number of nitrogens with two attached hydrogens (primary N) is 1. The fraction of sp³-hybridized carbons (Fsp3) is 0.333. The molecule has 7 nitrogen and oxygen atoms in total. The van der Waals surface area contributed by atoms with Crippen molar-refractivity contribution in [1.82, 2.24) is 0 Å². The Balaban J connectivity index is 0. The fourth-order valence-corrected chi connectivity index (χ4v) is 0.745. The lowest BCUT2D eigenvalue weighted by Crippen LogP contribution is -1.93. The Morgan fingerprint density at radius 3 is 2.00 bits per heavy atom. The molecule has 0 aliphatic heterocycles. The van der Waals surface area contributed by atoms with Crippen LogP contribution in [0.1, 0.15) is 19.4 Å². The summed E-state index contributed by atoms with van der Waals surface area (Å²) in [6, 6.07) is 5.23. The van der Waals surface area contributed by atoms with Crippen molar-refractivity contribution >= 4 is 21.8 Å². The van der Waals surface area contributed by atoms with Crippen LogP contribution in [0.2, 0.25) is 0 Å². The topological polar surface area (TPSA) is 139 Å². The molecule has 0 aliphatic rings. The number of rotatable bonds is 1. The predicted octanol–water partition coefficient (Wildman–Crippen LogP) is 1.07. The lowest BCUT2D eigenvalue weighted by molar-refractivity contribution is 0.352. The van der Waals surface area contributed by atoms with Gasteiger partial charge in [-0.2, -0.15) is 0 Å². The van der Waals surface area contributed by atoms with E-state index in [9.17, 15) is 0 Å². The minimum absolute atomic E-state index is 0.659. The maximum atomic E-state index is 8.52. The van der Waals surface area contributed by atoms with E-state index in [0.717, 1.165) is 11.3 Å². The van der Waals surface area contributed by atoms with Crippen molar-refractivity contribution in [2.24, 2.45) is 0 Å². The third-order valence-electron chi connectivity index (χ3n) is 1.40. The number of anilines is 2. The number of benzene rings is 1. The van der Waals surface area contributed by atoms with Gasteiger partial charge >= 0.3 is 0 Å². The largest absolute Gasteiger partial charge is 0.759 e. The monoisotopic (exact) mass is 264 g/mol. The molecular formula is C9H16N2O5S-2. The summed E-state index contributed by atoms with van der Waals surface area (Å²) in [7, 11) is -5.17. The third kappa shape index (κ3) is 12.6. The fourth-order valence-electron chi connectivity index (χ4n) is 0.745.